The molecule has 2 heteroatoms. The number of rotatable bonds is 4. The Labute approximate surface area is 114 Å². The van der Waals surface area contributed by atoms with Gasteiger partial charge in [-0.25, -0.2) is 0 Å². The van der Waals surface area contributed by atoms with Crippen LogP contribution >= 0.6 is 0 Å². The Hall–Kier alpha value is -2.22. The van der Waals surface area contributed by atoms with Crippen LogP contribution in [0, 0.1) is 0 Å². The lowest BCUT2D eigenvalue weighted by Crippen LogP contribution is -1.88. The number of ether oxygens (including phenoxy) is 1. The maximum atomic E-state index is 9.83. The molecule has 2 nitrogen and oxygen atoms in total. The molecule has 0 amide bonds. The molecule has 0 aliphatic heterocycles. The van der Waals surface area contributed by atoms with Crippen LogP contribution in [-0.4, -0.2) is 12.2 Å². The van der Waals surface area contributed by atoms with Gasteiger partial charge < -0.3 is 9.84 Å². The number of phenolic OH excluding ortho intramolecular Hbond substituents is 1. The van der Waals surface area contributed by atoms with Crippen molar-refractivity contribution in [3.05, 3.63) is 65.7 Å². The normalized spacial score (nSPS) is 11.4. The van der Waals surface area contributed by atoms with E-state index in [1.54, 1.807) is 19.2 Å². The van der Waals surface area contributed by atoms with Gasteiger partial charge in [-0.2, -0.15) is 0 Å². The van der Waals surface area contributed by atoms with E-state index in [0.717, 1.165) is 11.3 Å². The van der Waals surface area contributed by atoms with Crippen LogP contribution in [0.15, 0.2) is 54.6 Å². The van der Waals surface area contributed by atoms with E-state index in [2.05, 4.69) is 25.1 Å². The molecular weight excluding hydrogens is 236 g/mol. The lowest BCUT2D eigenvalue weighted by atomic mass is 10.0. The Kier molecular flexibility index (Phi) is 4.24. The van der Waals surface area contributed by atoms with Crippen molar-refractivity contribution in [1.29, 1.82) is 0 Å². The second-order valence-electron chi connectivity index (χ2n) is 4.45. The fraction of sp³-hybridized carbons (Fsp3) is 0.176. The van der Waals surface area contributed by atoms with E-state index in [0.29, 0.717) is 12.2 Å². The van der Waals surface area contributed by atoms with Crippen LogP contribution in [0.2, 0.25) is 0 Å². The molecule has 0 radical (unpaired) electrons. The van der Waals surface area contributed by atoms with Crippen molar-refractivity contribution < 1.29 is 9.84 Å². The first kappa shape index (κ1) is 13.2. The van der Waals surface area contributed by atoms with E-state index in [1.165, 1.54) is 11.1 Å². The van der Waals surface area contributed by atoms with Crippen LogP contribution < -0.4 is 4.74 Å². The summed E-state index contributed by atoms with van der Waals surface area (Å²) >= 11 is 0. The summed E-state index contributed by atoms with van der Waals surface area (Å²) in [4.78, 5) is 0. The fourth-order valence-corrected chi connectivity index (χ4v) is 1.93. The molecular formula is C17H18O2. The number of allylic oxidation sites excluding steroid dienone is 2. The van der Waals surface area contributed by atoms with Crippen molar-refractivity contribution in [2.75, 3.05) is 7.11 Å². The number of benzene rings is 2. The highest BCUT2D eigenvalue weighted by atomic mass is 16.5. The van der Waals surface area contributed by atoms with Crippen molar-refractivity contribution in [3.8, 4) is 11.5 Å². The molecule has 0 bridgehead atoms. The SMILES string of the molecule is COc1ccc(O)c(C/C=C(\C)c2ccccc2)c1. The Balaban J connectivity index is 2.18. The number of aromatic hydroxyl groups is 1. The lowest BCUT2D eigenvalue weighted by Gasteiger charge is -2.06. The van der Waals surface area contributed by atoms with Gasteiger partial charge in [0.05, 0.1) is 7.11 Å². The number of hydrogen-bond donors (Lipinski definition) is 1. The van der Waals surface area contributed by atoms with Gasteiger partial charge in [0.25, 0.3) is 0 Å². The first-order valence-corrected chi connectivity index (χ1v) is 6.29. The van der Waals surface area contributed by atoms with Gasteiger partial charge >= 0.3 is 0 Å². The lowest BCUT2D eigenvalue weighted by molar-refractivity contribution is 0.411. The van der Waals surface area contributed by atoms with Crippen LogP contribution in [-0.2, 0) is 6.42 Å². The molecule has 0 aromatic heterocycles. The van der Waals surface area contributed by atoms with Gasteiger partial charge in [-0.3, -0.25) is 0 Å². The third kappa shape index (κ3) is 3.38. The van der Waals surface area contributed by atoms with Gasteiger partial charge in [0.1, 0.15) is 11.5 Å². The van der Waals surface area contributed by atoms with Gasteiger partial charge in [0, 0.05) is 5.56 Å². The van der Waals surface area contributed by atoms with Crippen LogP contribution in [0.3, 0.4) is 0 Å². The summed E-state index contributed by atoms with van der Waals surface area (Å²) in [6.07, 6.45) is 2.80. The van der Waals surface area contributed by atoms with E-state index >= 15 is 0 Å². The zero-order chi connectivity index (χ0) is 13.7. The highest BCUT2D eigenvalue weighted by Gasteiger charge is 2.02. The summed E-state index contributed by atoms with van der Waals surface area (Å²) in [6, 6.07) is 15.5. The second-order valence-corrected chi connectivity index (χ2v) is 4.45. The minimum atomic E-state index is 0.304. The van der Waals surface area contributed by atoms with Gasteiger partial charge in [-0.05, 0) is 42.7 Å². The molecule has 0 aliphatic rings. The first-order valence-electron chi connectivity index (χ1n) is 6.29. The summed E-state index contributed by atoms with van der Waals surface area (Å²) in [5.74, 6) is 1.07. The number of phenols is 1. The quantitative estimate of drug-likeness (QED) is 0.892. The van der Waals surface area contributed by atoms with Crippen molar-refractivity contribution in [2.45, 2.75) is 13.3 Å². The Bertz CT molecular complexity index is 571. The second kappa shape index (κ2) is 6.10. The fourth-order valence-electron chi connectivity index (χ4n) is 1.93. The zero-order valence-electron chi connectivity index (χ0n) is 11.3. The topological polar surface area (TPSA) is 29.5 Å². The van der Waals surface area contributed by atoms with Gasteiger partial charge in [0.2, 0.25) is 0 Å². The molecule has 2 aromatic rings. The minimum absolute atomic E-state index is 0.304. The van der Waals surface area contributed by atoms with Gasteiger partial charge in [0.15, 0.2) is 0 Å². The summed E-state index contributed by atoms with van der Waals surface area (Å²) < 4.78 is 5.17. The summed E-state index contributed by atoms with van der Waals surface area (Å²) in [5, 5.41) is 9.83. The highest BCUT2D eigenvalue weighted by molar-refractivity contribution is 5.64. The van der Waals surface area contributed by atoms with E-state index in [4.69, 9.17) is 4.74 Å². The molecule has 0 spiro atoms. The van der Waals surface area contributed by atoms with E-state index in [-0.39, 0.29) is 0 Å². The third-order valence-corrected chi connectivity index (χ3v) is 3.14. The van der Waals surface area contributed by atoms with Crippen LogP contribution in [0.4, 0.5) is 0 Å². The van der Waals surface area contributed by atoms with Crippen molar-refractivity contribution >= 4 is 5.57 Å². The zero-order valence-corrected chi connectivity index (χ0v) is 11.3. The molecule has 19 heavy (non-hydrogen) atoms. The molecule has 0 saturated carbocycles. The molecule has 1 N–H and O–H groups in total. The Morgan fingerprint density at radius 3 is 2.58 bits per heavy atom. The first-order chi connectivity index (χ1) is 9.20. The number of methoxy groups -OCH3 is 1. The van der Waals surface area contributed by atoms with Crippen LogP contribution in [0.1, 0.15) is 18.1 Å². The molecule has 0 fully saturated rings. The predicted octanol–water partition coefficient (Wildman–Crippen LogP) is 4.05. The summed E-state index contributed by atoms with van der Waals surface area (Å²) in [7, 11) is 1.63. The predicted molar refractivity (Wildman–Crippen MR) is 78.5 cm³/mol. The summed E-state index contributed by atoms with van der Waals surface area (Å²) in [5.41, 5.74) is 3.27. The average Bonchev–Trinajstić information content (AvgIpc) is 2.47. The standard InChI is InChI=1S/C17H18O2/c1-13(14-6-4-3-5-7-14)8-9-15-12-16(19-2)10-11-17(15)18/h3-8,10-12,18H,9H2,1-2H3/b13-8+. The number of hydrogen-bond acceptors (Lipinski definition) is 2. The van der Waals surface area contributed by atoms with Crippen LogP contribution in [0.25, 0.3) is 5.57 Å². The minimum Gasteiger partial charge on any atom is -0.508 e. The molecule has 2 aromatic carbocycles. The van der Waals surface area contributed by atoms with Crippen molar-refractivity contribution in [2.24, 2.45) is 0 Å². The molecule has 0 heterocycles. The Morgan fingerprint density at radius 2 is 1.89 bits per heavy atom. The largest absolute Gasteiger partial charge is 0.508 e. The monoisotopic (exact) mass is 254 g/mol. The maximum absolute atomic E-state index is 9.83. The summed E-state index contributed by atoms with van der Waals surface area (Å²) in [6.45, 7) is 2.08. The van der Waals surface area contributed by atoms with Crippen LogP contribution in [0.5, 0.6) is 11.5 Å². The van der Waals surface area contributed by atoms with Gasteiger partial charge in [-0.15, -0.1) is 0 Å². The molecule has 0 atom stereocenters. The van der Waals surface area contributed by atoms with Crippen molar-refractivity contribution in [3.63, 3.8) is 0 Å². The maximum Gasteiger partial charge on any atom is 0.119 e. The third-order valence-electron chi connectivity index (χ3n) is 3.14. The van der Waals surface area contributed by atoms with Crippen molar-refractivity contribution in [1.82, 2.24) is 0 Å². The van der Waals surface area contributed by atoms with E-state index < -0.39 is 0 Å². The molecule has 0 unspecified atom stereocenters. The molecule has 0 aliphatic carbocycles. The smallest absolute Gasteiger partial charge is 0.119 e. The highest BCUT2D eigenvalue weighted by Crippen LogP contribution is 2.24. The molecule has 2 rings (SSSR count). The van der Waals surface area contributed by atoms with Gasteiger partial charge in [-0.1, -0.05) is 36.4 Å². The van der Waals surface area contributed by atoms with E-state index in [9.17, 15) is 5.11 Å². The Morgan fingerprint density at radius 1 is 1.16 bits per heavy atom. The molecule has 98 valence electrons. The molecule has 0 saturated heterocycles. The van der Waals surface area contributed by atoms with E-state index in [1.807, 2.05) is 24.3 Å². The average molecular weight is 254 g/mol.